The number of benzene rings is 6. The number of fused-ring (bicyclic) bond motifs is 4. The van der Waals surface area contributed by atoms with Crippen molar-refractivity contribution in [2.45, 2.75) is 0 Å². The van der Waals surface area contributed by atoms with Crippen molar-refractivity contribution in [3.05, 3.63) is 162 Å². The van der Waals surface area contributed by atoms with Crippen LogP contribution in [-0.4, -0.2) is 16.4 Å². The van der Waals surface area contributed by atoms with E-state index >= 15 is 0 Å². The minimum Gasteiger partial charge on any atom is -0.308 e. The van der Waals surface area contributed by atoms with Gasteiger partial charge in [0.1, 0.15) is 0 Å². The van der Waals surface area contributed by atoms with Gasteiger partial charge >= 0.3 is 0 Å². The van der Waals surface area contributed by atoms with Crippen molar-refractivity contribution in [3.8, 4) is 27.9 Å². The van der Waals surface area contributed by atoms with Crippen LogP contribution in [0.2, 0.25) is 0 Å². The lowest BCUT2D eigenvalue weighted by atomic mass is 10.00. The first-order valence-electron chi connectivity index (χ1n) is 14.3. The number of carbonyl (C=O) groups is 2. The van der Waals surface area contributed by atoms with E-state index < -0.39 is 0 Å². The van der Waals surface area contributed by atoms with Gasteiger partial charge in [-0.25, -0.2) is 9.74 Å². The molecule has 0 spiro atoms. The van der Waals surface area contributed by atoms with Gasteiger partial charge in [0.15, 0.2) is 5.69 Å². The molecule has 2 amide bonds. The minimum absolute atomic E-state index is 0.352. The van der Waals surface area contributed by atoms with E-state index in [0.717, 1.165) is 44.1 Å². The quantitative estimate of drug-likeness (QED) is 0.158. The third kappa shape index (κ3) is 3.65. The van der Waals surface area contributed by atoms with Crippen LogP contribution >= 0.6 is 0 Å². The third-order valence-corrected chi connectivity index (χ3v) is 8.37. The number of hydrogen-bond acceptors (Lipinski definition) is 2. The highest BCUT2D eigenvalue weighted by molar-refractivity contribution is 6.36. The molecule has 7 aromatic rings. The summed E-state index contributed by atoms with van der Waals surface area (Å²) in [6.45, 7) is 7.83. The predicted molar refractivity (Wildman–Crippen MR) is 175 cm³/mol. The Morgan fingerprint density at radius 3 is 1.95 bits per heavy atom. The van der Waals surface area contributed by atoms with Gasteiger partial charge in [-0.1, -0.05) is 115 Å². The Bertz CT molecular complexity index is 2340. The van der Waals surface area contributed by atoms with Gasteiger partial charge in [0.05, 0.1) is 40.1 Å². The summed E-state index contributed by atoms with van der Waals surface area (Å²) >= 11 is 0. The molecule has 0 N–H and O–H groups in total. The third-order valence-electron chi connectivity index (χ3n) is 8.37. The fourth-order valence-electron chi connectivity index (χ4n) is 6.49. The normalized spacial score (nSPS) is 12.6. The van der Waals surface area contributed by atoms with E-state index in [9.17, 15) is 9.59 Å². The van der Waals surface area contributed by atoms with Crippen molar-refractivity contribution in [3.63, 3.8) is 0 Å². The van der Waals surface area contributed by atoms with Crippen molar-refractivity contribution in [1.29, 1.82) is 0 Å². The molecule has 0 unspecified atom stereocenters. The first kappa shape index (κ1) is 25.5. The molecule has 0 fully saturated rings. The predicted octanol–water partition coefficient (Wildman–Crippen LogP) is 9.47. The highest BCUT2D eigenvalue weighted by Crippen LogP contribution is 2.43. The van der Waals surface area contributed by atoms with E-state index in [4.69, 9.17) is 6.57 Å². The first-order valence-corrected chi connectivity index (χ1v) is 14.3. The van der Waals surface area contributed by atoms with Gasteiger partial charge in [0, 0.05) is 16.3 Å². The number of amides is 2. The smallest absolute Gasteiger partial charge is 0.268 e. The molecular weight excluding hydrogens is 542 g/mol. The molecule has 44 heavy (non-hydrogen) atoms. The van der Waals surface area contributed by atoms with Gasteiger partial charge in [0.2, 0.25) is 0 Å². The van der Waals surface area contributed by atoms with Crippen LogP contribution in [0, 0.1) is 6.57 Å². The Morgan fingerprint density at radius 2 is 1.11 bits per heavy atom. The molecule has 5 heteroatoms. The van der Waals surface area contributed by atoms with Crippen molar-refractivity contribution in [2.24, 2.45) is 0 Å². The second-order valence-corrected chi connectivity index (χ2v) is 10.7. The summed E-state index contributed by atoms with van der Waals surface area (Å²) in [6.07, 6.45) is 0. The molecule has 1 aliphatic heterocycles. The average molecular weight is 566 g/mol. The number of carbonyl (C=O) groups excluding carboxylic acids is 2. The average Bonchev–Trinajstić information content (AvgIpc) is 3.56. The molecule has 1 aromatic heterocycles. The summed E-state index contributed by atoms with van der Waals surface area (Å²) in [5.74, 6) is -0.719. The molecule has 2 heterocycles. The van der Waals surface area contributed by atoms with Crippen LogP contribution in [0.5, 0.6) is 0 Å². The SMILES string of the molecule is [C-]#[N+]c1ccccc1-c1cccc2c3ccccc3n(-c3cccc4c3C(=O)N(c3ccccc3-c3ccccc3)C4=O)c12. The number of aromatic nitrogens is 1. The molecule has 0 atom stereocenters. The van der Waals surface area contributed by atoms with Crippen molar-refractivity contribution in [1.82, 2.24) is 4.57 Å². The highest BCUT2D eigenvalue weighted by Gasteiger charge is 2.40. The molecule has 1 aliphatic rings. The Balaban J connectivity index is 1.40. The number of imide groups is 1. The molecule has 8 rings (SSSR count). The summed E-state index contributed by atoms with van der Waals surface area (Å²) in [5.41, 5.74) is 7.64. The molecule has 0 saturated carbocycles. The molecule has 6 aromatic carbocycles. The fraction of sp³-hybridized carbons (Fsp3) is 0. The maximum absolute atomic E-state index is 14.5. The Morgan fingerprint density at radius 1 is 0.500 bits per heavy atom. The number of rotatable bonds is 4. The van der Waals surface area contributed by atoms with Crippen LogP contribution in [0.15, 0.2) is 140 Å². The lowest BCUT2D eigenvalue weighted by Gasteiger charge is -2.19. The number of anilines is 1. The molecule has 0 radical (unpaired) electrons. The van der Waals surface area contributed by atoms with E-state index in [-0.39, 0.29) is 11.8 Å². The highest BCUT2D eigenvalue weighted by atomic mass is 16.2. The van der Waals surface area contributed by atoms with Gasteiger partial charge in [0.25, 0.3) is 11.8 Å². The topological polar surface area (TPSA) is 46.7 Å². The second kappa shape index (κ2) is 9.94. The minimum atomic E-state index is -0.367. The summed E-state index contributed by atoms with van der Waals surface area (Å²) in [7, 11) is 0. The van der Waals surface area contributed by atoms with E-state index in [2.05, 4.69) is 21.5 Å². The van der Waals surface area contributed by atoms with Gasteiger partial charge in [-0.3, -0.25) is 9.59 Å². The summed E-state index contributed by atoms with van der Waals surface area (Å²) in [6, 6.07) is 44.5. The standard InChI is InChI=1S/C39H23N3O2/c1-40-32-21-8-5-16-27(32)29-18-11-19-30-28-17-7-10-23-34(28)41(37(29)30)35-24-12-20-31-36(35)39(44)42(38(31)43)33-22-9-6-15-26(33)25-13-3-2-4-14-25/h2-24H. The Hall–Kier alpha value is -6.25. The van der Waals surface area contributed by atoms with Gasteiger partial charge < -0.3 is 4.57 Å². The molecule has 5 nitrogen and oxygen atoms in total. The first-order chi connectivity index (χ1) is 21.7. The molecular formula is C39H23N3O2. The zero-order valence-corrected chi connectivity index (χ0v) is 23.4. The summed E-state index contributed by atoms with van der Waals surface area (Å²) in [5, 5.41) is 2.02. The molecule has 206 valence electrons. The largest absolute Gasteiger partial charge is 0.308 e. The van der Waals surface area contributed by atoms with Gasteiger partial charge in [-0.05, 0) is 41.0 Å². The fourth-order valence-corrected chi connectivity index (χ4v) is 6.49. The number of hydrogen-bond donors (Lipinski definition) is 0. The van der Waals surface area contributed by atoms with Gasteiger partial charge in [-0.2, -0.15) is 0 Å². The van der Waals surface area contributed by atoms with Crippen LogP contribution in [0.1, 0.15) is 20.7 Å². The van der Waals surface area contributed by atoms with Crippen molar-refractivity contribution < 1.29 is 9.59 Å². The van der Waals surface area contributed by atoms with Crippen LogP contribution in [0.25, 0.3) is 54.6 Å². The molecule has 0 aliphatic carbocycles. The zero-order valence-electron chi connectivity index (χ0n) is 23.4. The van der Waals surface area contributed by atoms with Crippen LogP contribution in [-0.2, 0) is 0 Å². The maximum atomic E-state index is 14.5. The number of nitrogens with zero attached hydrogens (tertiary/aromatic N) is 3. The molecule has 0 saturated heterocycles. The van der Waals surface area contributed by atoms with E-state index in [1.54, 1.807) is 6.07 Å². The Kier molecular flexibility index (Phi) is 5.75. The molecule has 0 bridgehead atoms. The second-order valence-electron chi connectivity index (χ2n) is 10.7. The van der Waals surface area contributed by atoms with Gasteiger partial charge in [-0.15, -0.1) is 0 Å². The monoisotopic (exact) mass is 565 g/mol. The van der Waals surface area contributed by atoms with Crippen LogP contribution < -0.4 is 4.90 Å². The number of para-hydroxylation sites is 4. The van der Waals surface area contributed by atoms with E-state index in [0.29, 0.717) is 28.2 Å². The summed E-state index contributed by atoms with van der Waals surface area (Å²) in [4.78, 5) is 33.7. The van der Waals surface area contributed by atoms with Crippen molar-refractivity contribution in [2.75, 3.05) is 4.90 Å². The van der Waals surface area contributed by atoms with E-state index in [1.165, 1.54) is 4.90 Å². The van der Waals surface area contributed by atoms with E-state index in [1.807, 2.05) is 121 Å². The zero-order chi connectivity index (χ0) is 29.8. The Labute approximate surface area is 253 Å². The lowest BCUT2D eigenvalue weighted by Crippen LogP contribution is -2.30. The van der Waals surface area contributed by atoms with Crippen LogP contribution in [0.4, 0.5) is 11.4 Å². The van der Waals surface area contributed by atoms with Crippen molar-refractivity contribution >= 4 is 45.0 Å². The lowest BCUT2D eigenvalue weighted by molar-refractivity contribution is 0.0926. The maximum Gasteiger partial charge on any atom is 0.268 e. The van der Waals surface area contributed by atoms with Crippen LogP contribution in [0.3, 0.4) is 0 Å². The summed E-state index contributed by atoms with van der Waals surface area (Å²) < 4.78 is 2.08.